The summed E-state index contributed by atoms with van der Waals surface area (Å²) in [6.07, 6.45) is 1.47. The minimum atomic E-state index is -0.422. The number of amides is 2. The second-order valence-corrected chi connectivity index (χ2v) is 8.93. The number of nitrogens with one attached hydrogen (secondary N) is 1. The lowest BCUT2D eigenvalue weighted by molar-refractivity contribution is -0.131. The summed E-state index contributed by atoms with van der Waals surface area (Å²) in [5, 5.41) is 3.64. The molecule has 1 aliphatic heterocycles. The third kappa shape index (κ3) is 5.60. The first-order valence-corrected chi connectivity index (χ1v) is 12.2. The van der Waals surface area contributed by atoms with Crippen LogP contribution in [0.25, 0.3) is 0 Å². The van der Waals surface area contributed by atoms with Crippen LogP contribution in [-0.4, -0.2) is 42.9 Å². The van der Waals surface area contributed by atoms with E-state index in [1.165, 1.54) is 0 Å². The molecule has 1 heterocycles. The number of nitrogens with zero attached hydrogens (tertiary/aromatic N) is 2. The molecule has 176 valence electrons. The SMILES string of the molecule is CCCC(=O)N1CCN(c2ccc(NC(=O)C(c3ccccc3)c3ccccc3)cc2Cl)CC1. The second-order valence-electron chi connectivity index (χ2n) is 8.53. The summed E-state index contributed by atoms with van der Waals surface area (Å²) in [4.78, 5) is 29.6. The number of benzene rings is 3. The Morgan fingerprint density at radius 2 is 1.47 bits per heavy atom. The van der Waals surface area contributed by atoms with Gasteiger partial charge in [0.05, 0.1) is 16.6 Å². The fourth-order valence-electron chi connectivity index (χ4n) is 4.41. The summed E-state index contributed by atoms with van der Waals surface area (Å²) in [6, 6.07) is 25.2. The van der Waals surface area contributed by atoms with Crippen LogP contribution < -0.4 is 10.2 Å². The van der Waals surface area contributed by atoms with Crippen LogP contribution in [0.3, 0.4) is 0 Å². The Balaban J connectivity index is 1.46. The van der Waals surface area contributed by atoms with E-state index in [2.05, 4.69) is 10.2 Å². The molecule has 1 fully saturated rings. The molecule has 1 aliphatic rings. The van der Waals surface area contributed by atoms with Crippen LogP contribution in [0.5, 0.6) is 0 Å². The Labute approximate surface area is 206 Å². The molecule has 0 saturated carbocycles. The van der Waals surface area contributed by atoms with E-state index in [4.69, 9.17) is 11.6 Å². The summed E-state index contributed by atoms with van der Waals surface area (Å²) in [7, 11) is 0. The van der Waals surface area contributed by atoms with E-state index in [9.17, 15) is 9.59 Å². The van der Waals surface area contributed by atoms with E-state index < -0.39 is 5.92 Å². The third-order valence-electron chi connectivity index (χ3n) is 6.18. The standard InChI is InChI=1S/C28H30ClN3O2/c1-2-9-26(33)32-18-16-31(17-19-32)25-15-14-23(20-24(25)29)30-28(34)27(21-10-5-3-6-11-21)22-12-7-4-8-13-22/h3-8,10-15,20,27H,2,9,16-19H2,1H3,(H,30,34). The average molecular weight is 476 g/mol. The molecule has 3 aromatic rings. The van der Waals surface area contributed by atoms with Crippen molar-refractivity contribution in [3.8, 4) is 0 Å². The van der Waals surface area contributed by atoms with Crippen molar-refractivity contribution >= 4 is 34.8 Å². The monoisotopic (exact) mass is 475 g/mol. The van der Waals surface area contributed by atoms with Crippen molar-refractivity contribution in [2.75, 3.05) is 36.4 Å². The van der Waals surface area contributed by atoms with Crippen LogP contribution in [-0.2, 0) is 9.59 Å². The molecular weight excluding hydrogens is 446 g/mol. The number of carbonyl (C=O) groups excluding carboxylic acids is 2. The van der Waals surface area contributed by atoms with Gasteiger partial charge in [-0.05, 0) is 35.7 Å². The number of piperazine rings is 1. The van der Waals surface area contributed by atoms with Crippen LogP contribution in [0.1, 0.15) is 36.8 Å². The topological polar surface area (TPSA) is 52.7 Å². The number of halogens is 1. The number of hydrogen-bond acceptors (Lipinski definition) is 3. The number of carbonyl (C=O) groups is 2. The molecule has 4 rings (SSSR count). The van der Waals surface area contributed by atoms with Crippen LogP contribution >= 0.6 is 11.6 Å². The molecule has 3 aromatic carbocycles. The van der Waals surface area contributed by atoms with Crippen molar-refractivity contribution in [2.45, 2.75) is 25.7 Å². The van der Waals surface area contributed by atoms with Crippen molar-refractivity contribution in [1.29, 1.82) is 0 Å². The molecule has 0 radical (unpaired) electrons. The molecule has 0 aliphatic carbocycles. The van der Waals surface area contributed by atoms with Gasteiger partial charge in [-0.15, -0.1) is 0 Å². The van der Waals surface area contributed by atoms with E-state index in [1.807, 2.05) is 84.6 Å². The van der Waals surface area contributed by atoms with Gasteiger partial charge in [-0.1, -0.05) is 79.2 Å². The molecule has 6 heteroatoms. The Bertz CT molecular complexity index is 1070. The highest BCUT2D eigenvalue weighted by Crippen LogP contribution is 2.31. The van der Waals surface area contributed by atoms with Crippen molar-refractivity contribution < 1.29 is 9.59 Å². The number of rotatable bonds is 7. The molecule has 1 N–H and O–H groups in total. The largest absolute Gasteiger partial charge is 0.367 e. The van der Waals surface area contributed by atoms with Crippen LogP contribution in [0.15, 0.2) is 78.9 Å². The van der Waals surface area contributed by atoms with Gasteiger partial charge in [0.1, 0.15) is 0 Å². The van der Waals surface area contributed by atoms with Crippen LogP contribution in [0, 0.1) is 0 Å². The predicted molar refractivity (Wildman–Crippen MR) is 139 cm³/mol. The summed E-state index contributed by atoms with van der Waals surface area (Å²) in [6.45, 7) is 4.90. The minimum Gasteiger partial charge on any atom is -0.367 e. The van der Waals surface area contributed by atoms with Gasteiger partial charge in [0.2, 0.25) is 11.8 Å². The van der Waals surface area contributed by atoms with E-state index in [-0.39, 0.29) is 11.8 Å². The zero-order chi connectivity index (χ0) is 23.9. The smallest absolute Gasteiger partial charge is 0.236 e. The minimum absolute atomic E-state index is 0.107. The quantitative estimate of drug-likeness (QED) is 0.486. The second kappa shape index (κ2) is 11.2. The van der Waals surface area contributed by atoms with Crippen LogP contribution in [0.2, 0.25) is 5.02 Å². The van der Waals surface area contributed by atoms with E-state index in [1.54, 1.807) is 6.07 Å². The van der Waals surface area contributed by atoms with Crippen molar-refractivity contribution in [2.24, 2.45) is 0 Å². The maximum atomic E-state index is 13.4. The third-order valence-corrected chi connectivity index (χ3v) is 6.48. The summed E-state index contributed by atoms with van der Waals surface area (Å²) in [5.74, 6) is -0.309. The normalized spacial score (nSPS) is 13.7. The molecule has 2 amide bonds. The highest BCUT2D eigenvalue weighted by molar-refractivity contribution is 6.33. The lowest BCUT2D eigenvalue weighted by Crippen LogP contribution is -2.48. The summed E-state index contributed by atoms with van der Waals surface area (Å²) < 4.78 is 0. The zero-order valence-corrected chi connectivity index (χ0v) is 20.2. The Kier molecular flexibility index (Phi) is 7.86. The van der Waals surface area contributed by atoms with Gasteiger partial charge in [-0.3, -0.25) is 9.59 Å². The molecular formula is C28H30ClN3O2. The highest BCUT2D eigenvalue weighted by Gasteiger charge is 2.24. The van der Waals surface area contributed by atoms with Gasteiger partial charge >= 0.3 is 0 Å². The zero-order valence-electron chi connectivity index (χ0n) is 19.4. The average Bonchev–Trinajstić information content (AvgIpc) is 2.86. The number of hydrogen-bond donors (Lipinski definition) is 1. The van der Waals surface area contributed by atoms with E-state index in [0.29, 0.717) is 30.2 Å². The Morgan fingerprint density at radius 1 is 0.882 bits per heavy atom. The van der Waals surface area contributed by atoms with Gasteiger partial charge < -0.3 is 15.1 Å². The molecule has 34 heavy (non-hydrogen) atoms. The van der Waals surface area contributed by atoms with Gasteiger partial charge in [0.25, 0.3) is 0 Å². The molecule has 0 bridgehead atoms. The fraction of sp³-hybridized carbons (Fsp3) is 0.286. The summed E-state index contributed by atoms with van der Waals surface area (Å²) >= 11 is 6.63. The van der Waals surface area contributed by atoms with Gasteiger partial charge in [0, 0.05) is 38.3 Å². The molecule has 5 nitrogen and oxygen atoms in total. The van der Waals surface area contributed by atoms with Crippen molar-refractivity contribution in [3.05, 3.63) is 95.0 Å². The van der Waals surface area contributed by atoms with Crippen LogP contribution in [0.4, 0.5) is 11.4 Å². The Hall–Kier alpha value is -3.31. The first kappa shape index (κ1) is 23.8. The molecule has 0 aromatic heterocycles. The maximum Gasteiger partial charge on any atom is 0.236 e. The first-order chi connectivity index (χ1) is 16.6. The van der Waals surface area contributed by atoms with Crippen molar-refractivity contribution in [1.82, 2.24) is 4.90 Å². The lowest BCUT2D eigenvalue weighted by Gasteiger charge is -2.36. The predicted octanol–water partition coefficient (Wildman–Crippen LogP) is 5.56. The number of anilines is 2. The lowest BCUT2D eigenvalue weighted by atomic mass is 9.90. The fourth-order valence-corrected chi connectivity index (χ4v) is 4.71. The maximum absolute atomic E-state index is 13.4. The summed E-state index contributed by atoms with van der Waals surface area (Å²) in [5.41, 5.74) is 3.45. The van der Waals surface area contributed by atoms with Crippen molar-refractivity contribution in [3.63, 3.8) is 0 Å². The van der Waals surface area contributed by atoms with Gasteiger partial charge in [0.15, 0.2) is 0 Å². The van der Waals surface area contributed by atoms with Gasteiger partial charge in [-0.25, -0.2) is 0 Å². The molecule has 0 atom stereocenters. The Morgan fingerprint density at radius 3 is 2.00 bits per heavy atom. The van der Waals surface area contributed by atoms with E-state index in [0.717, 1.165) is 36.3 Å². The van der Waals surface area contributed by atoms with Gasteiger partial charge in [-0.2, -0.15) is 0 Å². The highest BCUT2D eigenvalue weighted by atomic mass is 35.5. The molecule has 1 saturated heterocycles. The molecule has 0 unspecified atom stereocenters. The first-order valence-electron chi connectivity index (χ1n) is 11.8. The molecule has 0 spiro atoms. The van der Waals surface area contributed by atoms with E-state index >= 15 is 0 Å².